The van der Waals surface area contributed by atoms with Crippen LogP contribution in [-0.4, -0.2) is 26.1 Å². The number of aromatic nitrogens is 4. The van der Waals surface area contributed by atoms with Crippen LogP contribution in [0.15, 0.2) is 24.3 Å². The second-order valence-electron chi connectivity index (χ2n) is 4.66. The fourth-order valence-electron chi connectivity index (χ4n) is 2.06. The number of fused-ring (bicyclic) bond motifs is 1. The molecule has 0 aliphatic rings. The molecule has 0 spiro atoms. The minimum Gasteiger partial charge on any atom is -0.367 e. The number of halogens is 1. The highest BCUT2D eigenvalue weighted by atomic mass is 35.5. The molecule has 0 saturated carbocycles. The molecule has 2 aromatic heterocycles. The van der Waals surface area contributed by atoms with E-state index < -0.39 is 0 Å². The Labute approximate surface area is 124 Å². The van der Waals surface area contributed by atoms with Gasteiger partial charge < -0.3 is 16.0 Å². The van der Waals surface area contributed by atoms with Crippen LogP contribution in [0.25, 0.3) is 10.9 Å². The lowest BCUT2D eigenvalue weighted by molar-refractivity contribution is 0.0934. The monoisotopic (exact) mass is 304 g/mol. The van der Waals surface area contributed by atoms with Crippen molar-refractivity contribution in [2.24, 2.45) is 0 Å². The zero-order chi connectivity index (χ0) is 15.0. The summed E-state index contributed by atoms with van der Waals surface area (Å²) in [5.41, 5.74) is 6.68. The Morgan fingerprint density at radius 2 is 2.29 bits per heavy atom. The summed E-state index contributed by atoms with van der Waals surface area (Å²) in [5.74, 6) is 0.378. The Morgan fingerprint density at radius 1 is 1.48 bits per heavy atom. The van der Waals surface area contributed by atoms with Crippen molar-refractivity contribution < 1.29 is 4.79 Å². The van der Waals surface area contributed by atoms with E-state index in [9.17, 15) is 4.79 Å². The van der Waals surface area contributed by atoms with Gasteiger partial charge in [0.15, 0.2) is 0 Å². The summed E-state index contributed by atoms with van der Waals surface area (Å²) in [6.45, 7) is 1.79. The summed E-state index contributed by atoms with van der Waals surface area (Å²) in [6.07, 6.45) is 0. The molecule has 108 valence electrons. The summed E-state index contributed by atoms with van der Waals surface area (Å²) in [4.78, 5) is 19.2. The normalized spacial score (nSPS) is 12.5. The molecule has 0 unspecified atom stereocenters. The Morgan fingerprint density at radius 3 is 2.95 bits per heavy atom. The quantitative estimate of drug-likeness (QED) is 0.593. The smallest absolute Gasteiger partial charge is 0.268 e. The van der Waals surface area contributed by atoms with Crippen LogP contribution in [-0.2, 0) is 0 Å². The SMILES string of the molecule is C[C@@H](NC(=O)c1cc2c(Cl)cccc2[nH]1)c1nc(N)n[nH]1. The summed E-state index contributed by atoms with van der Waals surface area (Å²) in [6, 6.07) is 6.83. The summed E-state index contributed by atoms with van der Waals surface area (Å²) < 4.78 is 0. The second kappa shape index (κ2) is 5.10. The molecular formula is C13H13ClN6O. The average molecular weight is 305 g/mol. The van der Waals surface area contributed by atoms with Crippen molar-refractivity contribution in [2.45, 2.75) is 13.0 Å². The van der Waals surface area contributed by atoms with E-state index in [0.29, 0.717) is 16.5 Å². The van der Waals surface area contributed by atoms with Gasteiger partial charge in [0.25, 0.3) is 5.91 Å². The van der Waals surface area contributed by atoms with Gasteiger partial charge in [-0.15, -0.1) is 5.10 Å². The molecule has 0 aliphatic carbocycles. The second-order valence-corrected chi connectivity index (χ2v) is 5.07. The zero-order valence-corrected chi connectivity index (χ0v) is 11.9. The fourth-order valence-corrected chi connectivity index (χ4v) is 2.29. The van der Waals surface area contributed by atoms with Gasteiger partial charge in [-0.2, -0.15) is 4.98 Å². The molecule has 3 rings (SSSR count). The molecule has 8 heteroatoms. The molecule has 1 amide bonds. The number of carbonyl (C=O) groups is 1. The van der Waals surface area contributed by atoms with Crippen molar-refractivity contribution in [3.05, 3.63) is 40.8 Å². The van der Waals surface area contributed by atoms with Crippen molar-refractivity contribution in [1.82, 2.24) is 25.5 Å². The first-order chi connectivity index (χ1) is 10.0. The molecule has 21 heavy (non-hydrogen) atoms. The molecule has 1 aromatic carbocycles. The van der Waals surface area contributed by atoms with Gasteiger partial charge in [0, 0.05) is 15.9 Å². The van der Waals surface area contributed by atoms with Crippen molar-refractivity contribution in [3.8, 4) is 0 Å². The van der Waals surface area contributed by atoms with Crippen LogP contribution >= 0.6 is 11.6 Å². The number of hydrogen-bond donors (Lipinski definition) is 4. The first-order valence-corrected chi connectivity index (χ1v) is 6.68. The predicted octanol–water partition coefficient (Wildman–Crippen LogP) is 2.01. The third-order valence-electron chi connectivity index (χ3n) is 3.13. The minimum atomic E-state index is -0.343. The van der Waals surface area contributed by atoms with Gasteiger partial charge in [-0.1, -0.05) is 17.7 Å². The van der Waals surface area contributed by atoms with Crippen molar-refractivity contribution in [1.29, 1.82) is 0 Å². The molecule has 0 saturated heterocycles. The van der Waals surface area contributed by atoms with Crippen LogP contribution < -0.4 is 11.1 Å². The van der Waals surface area contributed by atoms with E-state index in [2.05, 4.69) is 25.5 Å². The van der Waals surface area contributed by atoms with Crippen LogP contribution in [0.4, 0.5) is 5.95 Å². The van der Waals surface area contributed by atoms with Crippen LogP contribution in [0, 0.1) is 0 Å². The highest BCUT2D eigenvalue weighted by Gasteiger charge is 2.16. The largest absolute Gasteiger partial charge is 0.367 e. The van der Waals surface area contributed by atoms with Crippen LogP contribution in [0.3, 0.4) is 0 Å². The van der Waals surface area contributed by atoms with E-state index >= 15 is 0 Å². The maximum Gasteiger partial charge on any atom is 0.268 e. The van der Waals surface area contributed by atoms with E-state index in [1.165, 1.54) is 0 Å². The molecule has 5 N–H and O–H groups in total. The number of carbonyl (C=O) groups excluding carboxylic acids is 1. The summed E-state index contributed by atoms with van der Waals surface area (Å²) >= 11 is 6.09. The maximum atomic E-state index is 12.2. The number of nitrogen functional groups attached to an aromatic ring is 1. The number of anilines is 1. The number of nitrogens with zero attached hydrogens (tertiary/aromatic N) is 2. The van der Waals surface area contributed by atoms with Gasteiger partial charge in [-0.25, -0.2) is 0 Å². The number of nitrogens with two attached hydrogens (primary N) is 1. The fraction of sp³-hybridized carbons (Fsp3) is 0.154. The van der Waals surface area contributed by atoms with E-state index in [1.807, 2.05) is 12.1 Å². The molecule has 0 radical (unpaired) electrons. The summed E-state index contributed by atoms with van der Waals surface area (Å²) in [5, 5.41) is 10.6. The van der Waals surface area contributed by atoms with E-state index in [-0.39, 0.29) is 17.9 Å². The van der Waals surface area contributed by atoms with Gasteiger partial charge in [0.05, 0.1) is 6.04 Å². The van der Waals surface area contributed by atoms with Crippen molar-refractivity contribution >= 4 is 34.4 Å². The molecule has 3 aromatic rings. The van der Waals surface area contributed by atoms with E-state index in [1.54, 1.807) is 19.1 Å². The maximum absolute atomic E-state index is 12.2. The number of rotatable bonds is 3. The lowest BCUT2D eigenvalue weighted by Gasteiger charge is -2.09. The third kappa shape index (κ3) is 2.55. The van der Waals surface area contributed by atoms with Crippen molar-refractivity contribution in [2.75, 3.05) is 5.73 Å². The molecule has 7 nitrogen and oxygen atoms in total. The topological polar surface area (TPSA) is 112 Å². The molecular weight excluding hydrogens is 292 g/mol. The first kappa shape index (κ1) is 13.4. The van der Waals surface area contributed by atoms with Crippen molar-refractivity contribution in [3.63, 3.8) is 0 Å². The standard InChI is InChI=1S/C13H13ClN6O/c1-6(11-18-13(15)20-19-11)16-12(21)10-5-7-8(14)3-2-4-9(7)17-10/h2-6,17H,1H3,(H,16,21)(H3,15,18,19,20)/t6-/m1/s1. The number of benzene rings is 1. The molecule has 2 heterocycles. The Kier molecular flexibility index (Phi) is 3.26. The number of amides is 1. The average Bonchev–Trinajstić information content (AvgIpc) is 3.05. The minimum absolute atomic E-state index is 0.142. The van der Waals surface area contributed by atoms with Gasteiger partial charge in [-0.3, -0.25) is 9.89 Å². The highest BCUT2D eigenvalue weighted by molar-refractivity contribution is 6.35. The van der Waals surface area contributed by atoms with Crippen LogP contribution in [0.5, 0.6) is 0 Å². The number of nitrogens with one attached hydrogen (secondary N) is 3. The molecule has 0 bridgehead atoms. The zero-order valence-electron chi connectivity index (χ0n) is 11.1. The Balaban J connectivity index is 1.82. The van der Waals surface area contributed by atoms with Gasteiger partial charge in [0.1, 0.15) is 11.5 Å². The lowest BCUT2D eigenvalue weighted by atomic mass is 10.2. The first-order valence-electron chi connectivity index (χ1n) is 6.30. The predicted molar refractivity (Wildman–Crippen MR) is 80.0 cm³/mol. The molecule has 0 fully saturated rings. The Bertz CT molecular complexity index is 808. The van der Waals surface area contributed by atoms with Gasteiger partial charge in [-0.05, 0) is 25.1 Å². The van der Waals surface area contributed by atoms with Gasteiger partial charge in [0.2, 0.25) is 5.95 Å². The molecule has 1 atom stereocenters. The lowest BCUT2D eigenvalue weighted by Crippen LogP contribution is -2.27. The van der Waals surface area contributed by atoms with E-state index in [4.69, 9.17) is 17.3 Å². The number of aromatic amines is 2. The molecule has 0 aliphatic heterocycles. The van der Waals surface area contributed by atoms with Crippen LogP contribution in [0.2, 0.25) is 5.02 Å². The van der Waals surface area contributed by atoms with E-state index in [0.717, 1.165) is 10.9 Å². The Hall–Kier alpha value is -2.54. The number of H-pyrrole nitrogens is 2. The number of hydrogen-bond acceptors (Lipinski definition) is 4. The van der Waals surface area contributed by atoms with Gasteiger partial charge >= 0.3 is 0 Å². The third-order valence-corrected chi connectivity index (χ3v) is 3.46. The highest BCUT2D eigenvalue weighted by Crippen LogP contribution is 2.24. The summed E-state index contributed by atoms with van der Waals surface area (Å²) in [7, 11) is 0. The van der Waals surface area contributed by atoms with Crippen LogP contribution in [0.1, 0.15) is 29.3 Å².